The average molecular weight is 510 g/mol. The van der Waals surface area contributed by atoms with Gasteiger partial charge in [-0.1, -0.05) is 30.3 Å². The Labute approximate surface area is 220 Å². The fraction of sp³-hybridized carbons (Fsp3) is 0.290. The number of hydrogen-bond acceptors (Lipinski definition) is 6. The number of rotatable bonds is 7. The first kappa shape index (κ1) is 24.1. The largest absolute Gasteiger partial charge is 0.497 e. The van der Waals surface area contributed by atoms with Crippen LogP contribution in [0.3, 0.4) is 0 Å². The number of Topliss-reactive ketones (excluding diaryl/α,β-unsaturated/α-hetero) is 1. The molecule has 38 heavy (non-hydrogen) atoms. The van der Waals surface area contributed by atoms with Crippen molar-refractivity contribution in [3.63, 3.8) is 0 Å². The number of nitrogens with zero attached hydrogens (tertiary/aromatic N) is 1. The van der Waals surface area contributed by atoms with E-state index in [2.05, 4.69) is 12.1 Å². The second-order valence-electron chi connectivity index (χ2n) is 10.3. The summed E-state index contributed by atoms with van der Waals surface area (Å²) in [5.41, 5.74) is 2.34. The second-order valence-corrected chi connectivity index (χ2v) is 10.3. The van der Waals surface area contributed by atoms with E-state index in [0.717, 1.165) is 12.8 Å². The summed E-state index contributed by atoms with van der Waals surface area (Å²) in [6, 6.07) is 23.0. The van der Waals surface area contributed by atoms with E-state index >= 15 is 0 Å². The zero-order valence-corrected chi connectivity index (χ0v) is 20.9. The van der Waals surface area contributed by atoms with E-state index in [1.165, 1.54) is 29.7 Å². The fourth-order valence-corrected chi connectivity index (χ4v) is 6.62. The van der Waals surface area contributed by atoms with Crippen LogP contribution >= 0.6 is 0 Å². The summed E-state index contributed by atoms with van der Waals surface area (Å²) in [4.78, 5) is 53.0. The normalized spacial score (nSPS) is 25.4. The summed E-state index contributed by atoms with van der Waals surface area (Å²) in [7, 11) is 1.54. The monoisotopic (exact) mass is 509 g/mol. The maximum Gasteiger partial charge on any atom is 0.338 e. The average Bonchev–Trinajstić information content (AvgIpc) is 3.63. The number of amides is 2. The maximum atomic E-state index is 13.5. The number of anilines is 1. The third kappa shape index (κ3) is 3.99. The van der Waals surface area contributed by atoms with Gasteiger partial charge in [-0.15, -0.1) is 0 Å². The van der Waals surface area contributed by atoms with Gasteiger partial charge in [0.1, 0.15) is 5.75 Å². The van der Waals surface area contributed by atoms with Crippen LogP contribution in [-0.4, -0.2) is 37.3 Å². The SMILES string of the molecule is COc1ccc(C(=O)COC(=O)c2ccc(N3C(=O)[C@@H]4[C@@H]5C[C@@H]([C@@H]4C3=O)[C@@H](c3ccccc3)C5)cc2)cc1. The van der Waals surface area contributed by atoms with Gasteiger partial charge in [-0.05, 0) is 84.7 Å². The Hall–Kier alpha value is -4.26. The van der Waals surface area contributed by atoms with Crippen LogP contribution in [0.4, 0.5) is 5.69 Å². The molecule has 2 amide bonds. The molecule has 2 aliphatic carbocycles. The molecule has 0 N–H and O–H groups in total. The van der Waals surface area contributed by atoms with Crippen LogP contribution in [-0.2, 0) is 14.3 Å². The Morgan fingerprint density at radius 2 is 1.47 bits per heavy atom. The zero-order valence-electron chi connectivity index (χ0n) is 20.9. The van der Waals surface area contributed by atoms with E-state index in [1.54, 1.807) is 36.4 Å². The molecule has 0 aromatic heterocycles. The predicted octanol–water partition coefficient (Wildman–Crippen LogP) is 4.66. The van der Waals surface area contributed by atoms with Crippen molar-refractivity contribution in [2.24, 2.45) is 23.7 Å². The molecule has 0 spiro atoms. The minimum absolute atomic E-state index is 0.139. The third-order valence-electron chi connectivity index (χ3n) is 8.35. The molecule has 7 nitrogen and oxygen atoms in total. The smallest absolute Gasteiger partial charge is 0.338 e. The highest BCUT2D eigenvalue weighted by molar-refractivity contribution is 6.22. The van der Waals surface area contributed by atoms with Gasteiger partial charge in [0.15, 0.2) is 12.4 Å². The van der Waals surface area contributed by atoms with Gasteiger partial charge in [-0.25, -0.2) is 4.79 Å². The number of hydrogen-bond donors (Lipinski definition) is 0. The first-order valence-electron chi connectivity index (χ1n) is 12.8. The van der Waals surface area contributed by atoms with Crippen LogP contribution in [0, 0.1) is 23.7 Å². The lowest BCUT2D eigenvalue weighted by Gasteiger charge is -2.28. The number of fused-ring (bicyclic) bond motifs is 5. The van der Waals surface area contributed by atoms with Crippen molar-refractivity contribution >= 4 is 29.3 Å². The van der Waals surface area contributed by atoms with E-state index in [-0.39, 0.29) is 46.8 Å². The van der Waals surface area contributed by atoms with E-state index in [0.29, 0.717) is 22.9 Å². The highest BCUT2D eigenvalue weighted by atomic mass is 16.5. The number of esters is 1. The second kappa shape index (κ2) is 9.56. The van der Waals surface area contributed by atoms with Crippen molar-refractivity contribution in [1.82, 2.24) is 0 Å². The van der Waals surface area contributed by atoms with E-state index < -0.39 is 12.6 Å². The Balaban J connectivity index is 1.12. The molecule has 6 rings (SSSR count). The molecule has 0 unspecified atom stereocenters. The van der Waals surface area contributed by atoms with Crippen LogP contribution in [0.1, 0.15) is 45.0 Å². The van der Waals surface area contributed by atoms with Gasteiger partial charge < -0.3 is 9.47 Å². The highest BCUT2D eigenvalue weighted by Crippen LogP contribution is 2.61. The van der Waals surface area contributed by atoms with Crippen molar-refractivity contribution in [1.29, 1.82) is 0 Å². The minimum Gasteiger partial charge on any atom is -0.497 e. The Bertz CT molecular complexity index is 1400. The number of ether oxygens (including phenoxy) is 2. The molecule has 2 bridgehead atoms. The highest BCUT2D eigenvalue weighted by Gasteiger charge is 2.64. The topological polar surface area (TPSA) is 90.0 Å². The summed E-state index contributed by atoms with van der Waals surface area (Å²) < 4.78 is 10.3. The van der Waals surface area contributed by atoms with Gasteiger partial charge in [0, 0.05) is 5.56 Å². The minimum atomic E-state index is -0.655. The molecule has 1 aliphatic heterocycles. The lowest BCUT2D eigenvalue weighted by Crippen LogP contribution is -2.33. The van der Waals surface area contributed by atoms with Crippen molar-refractivity contribution in [2.45, 2.75) is 18.8 Å². The number of imide groups is 1. The standard InChI is InChI=1S/C31H27NO6/c1-37-23-13-9-19(10-14-23)26(33)17-38-31(36)20-7-11-22(12-8-20)32-29(34)27-21-15-24(18-5-3-2-4-6-18)25(16-21)28(27)30(32)35/h2-14,21,24-25,27-28H,15-17H2,1H3/t21-,24+,25+,27+,28-/m0/s1. The first-order chi connectivity index (χ1) is 18.5. The molecule has 7 heteroatoms. The molecular weight excluding hydrogens is 482 g/mol. The predicted molar refractivity (Wildman–Crippen MR) is 139 cm³/mol. The van der Waals surface area contributed by atoms with Crippen LogP contribution in [0.2, 0.25) is 0 Å². The van der Waals surface area contributed by atoms with Gasteiger partial charge in [-0.2, -0.15) is 0 Å². The number of carbonyl (C=O) groups excluding carboxylic acids is 4. The maximum absolute atomic E-state index is 13.5. The number of benzene rings is 3. The van der Waals surface area contributed by atoms with Gasteiger partial charge in [0.25, 0.3) is 0 Å². The van der Waals surface area contributed by atoms with Crippen LogP contribution < -0.4 is 9.64 Å². The van der Waals surface area contributed by atoms with Gasteiger partial charge in [-0.3, -0.25) is 19.3 Å². The zero-order chi connectivity index (χ0) is 26.4. The summed E-state index contributed by atoms with van der Waals surface area (Å²) in [5.74, 6) is -0.508. The van der Waals surface area contributed by atoms with Crippen molar-refractivity contribution in [2.75, 3.05) is 18.6 Å². The Morgan fingerprint density at radius 3 is 2.16 bits per heavy atom. The quantitative estimate of drug-likeness (QED) is 0.261. The van der Waals surface area contributed by atoms with Gasteiger partial charge in [0.05, 0.1) is 30.2 Å². The molecule has 192 valence electrons. The molecule has 0 radical (unpaired) electrons. The summed E-state index contributed by atoms with van der Waals surface area (Å²) in [6.45, 7) is -0.398. The van der Waals surface area contributed by atoms with Crippen LogP contribution in [0.5, 0.6) is 5.75 Å². The molecule has 5 atom stereocenters. The number of carbonyl (C=O) groups is 4. The van der Waals surface area contributed by atoms with Crippen LogP contribution in [0.25, 0.3) is 0 Å². The van der Waals surface area contributed by atoms with Crippen molar-refractivity contribution < 1.29 is 28.7 Å². The lowest BCUT2D eigenvalue weighted by atomic mass is 9.73. The summed E-state index contributed by atoms with van der Waals surface area (Å²) in [6.07, 6.45) is 1.85. The lowest BCUT2D eigenvalue weighted by molar-refractivity contribution is -0.123. The molecule has 2 saturated carbocycles. The summed E-state index contributed by atoms with van der Waals surface area (Å²) in [5, 5.41) is 0. The number of methoxy groups -OCH3 is 1. The van der Waals surface area contributed by atoms with Crippen LogP contribution in [0.15, 0.2) is 78.9 Å². The van der Waals surface area contributed by atoms with Gasteiger partial charge in [0.2, 0.25) is 11.8 Å². The molecular formula is C31H27NO6. The molecule has 1 saturated heterocycles. The van der Waals surface area contributed by atoms with Crippen molar-refractivity contribution in [3.8, 4) is 5.75 Å². The first-order valence-corrected chi connectivity index (χ1v) is 12.8. The molecule has 1 heterocycles. The third-order valence-corrected chi connectivity index (χ3v) is 8.35. The molecule has 3 aromatic rings. The van der Waals surface area contributed by atoms with Gasteiger partial charge >= 0.3 is 5.97 Å². The number of ketones is 1. The molecule has 3 aromatic carbocycles. The van der Waals surface area contributed by atoms with Crippen molar-refractivity contribution in [3.05, 3.63) is 95.6 Å². The van der Waals surface area contributed by atoms with E-state index in [9.17, 15) is 19.2 Å². The molecule has 3 aliphatic rings. The van der Waals surface area contributed by atoms with E-state index in [1.807, 2.05) is 18.2 Å². The Morgan fingerprint density at radius 1 is 0.816 bits per heavy atom. The van der Waals surface area contributed by atoms with E-state index in [4.69, 9.17) is 9.47 Å². The Kier molecular flexibility index (Phi) is 6.06. The summed E-state index contributed by atoms with van der Waals surface area (Å²) >= 11 is 0. The molecule has 3 fully saturated rings. The fourth-order valence-electron chi connectivity index (χ4n) is 6.62.